The zero-order chi connectivity index (χ0) is 25.3. The first-order valence-corrected chi connectivity index (χ1v) is 11.0. The van der Waals surface area contributed by atoms with Crippen molar-refractivity contribution < 1.29 is 24.3 Å². The molecule has 13 nitrogen and oxygen atoms in total. The van der Waals surface area contributed by atoms with E-state index in [0.29, 0.717) is 17.8 Å². The van der Waals surface area contributed by atoms with E-state index in [-0.39, 0.29) is 18.8 Å². The van der Waals surface area contributed by atoms with Gasteiger partial charge in [0, 0.05) is 36.6 Å². The molecule has 2 heterocycles. The van der Waals surface area contributed by atoms with Gasteiger partial charge in [0.05, 0.1) is 18.7 Å². The molecule has 8 N–H and O–H groups in total. The zero-order valence-corrected chi connectivity index (χ0v) is 19.4. The highest BCUT2D eigenvalue weighted by atomic mass is 16.4. The van der Waals surface area contributed by atoms with Crippen LogP contribution in [-0.4, -0.2) is 72.9 Å². The molecule has 0 radical (unpaired) electrons. The predicted molar refractivity (Wildman–Crippen MR) is 121 cm³/mol. The summed E-state index contributed by atoms with van der Waals surface area (Å²) in [5, 5.41) is 16.7. The van der Waals surface area contributed by atoms with Crippen molar-refractivity contribution in [2.24, 2.45) is 11.7 Å². The number of amides is 3. The third-order valence-electron chi connectivity index (χ3n) is 5.51. The number of nitrogens with two attached hydrogens (primary N) is 1. The Kier molecular flexibility index (Phi) is 9.74. The number of nitrogens with zero attached hydrogens (tertiary/aromatic N) is 2. The first kappa shape index (κ1) is 26.5. The largest absolute Gasteiger partial charge is 0.480 e. The zero-order valence-electron chi connectivity index (χ0n) is 19.4. The quantitative estimate of drug-likeness (QED) is 0.187. The maximum Gasteiger partial charge on any atom is 0.325 e. The number of nitrogens with one attached hydrogen (secondary N) is 5. The fourth-order valence-corrected chi connectivity index (χ4v) is 3.08. The van der Waals surface area contributed by atoms with E-state index in [2.05, 4.69) is 35.9 Å². The number of carbonyl (C=O) groups excluding carboxylic acids is 3. The first-order valence-electron chi connectivity index (χ1n) is 11.0. The van der Waals surface area contributed by atoms with Gasteiger partial charge in [0.2, 0.25) is 17.7 Å². The van der Waals surface area contributed by atoms with Crippen molar-refractivity contribution >= 4 is 23.7 Å². The Morgan fingerprint density at radius 2 is 1.38 bits per heavy atom. The number of carboxylic acids is 1. The minimum Gasteiger partial charge on any atom is -0.480 e. The second-order valence-electron chi connectivity index (χ2n) is 8.16. The summed E-state index contributed by atoms with van der Waals surface area (Å²) in [6.07, 6.45) is 6.66. The number of hydrogen-bond donors (Lipinski definition) is 7. The van der Waals surface area contributed by atoms with Crippen molar-refractivity contribution in [3.05, 3.63) is 36.4 Å². The van der Waals surface area contributed by atoms with Gasteiger partial charge in [-0.15, -0.1) is 0 Å². The molecule has 0 aliphatic heterocycles. The highest BCUT2D eigenvalue weighted by molar-refractivity contribution is 5.94. The van der Waals surface area contributed by atoms with Gasteiger partial charge < -0.3 is 36.8 Å². The van der Waals surface area contributed by atoms with Crippen LogP contribution < -0.4 is 21.7 Å². The third-order valence-corrected chi connectivity index (χ3v) is 5.51. The molecule has 0 aromatic carbocycles. The normalized spacial score (nSPS) is 15.4. The Morgan fingerprint density at radius 1 is 0.912 bits per heavy atom. The maximum atomic E-state index is 13.2. The number of aliphatic carboxylic acids is 1. The average molecular weight is 477 g/mol. The molecule has 0 fully saturated rings. The van der Waals surface area contributed by atoms with E-state index in [1.807, 2.05) is 13.8 Å². The average Bonchev–Trinajstić information content (AvgIpc) is 3.51. The molecule has 3 amide bonds. The topological polar surface area (TPSA) is 208 Å². The minimum absolute atomic E-state index is 0.0288. The second kappa shape index (κ2) is 12.5. The van der Waals surface area contributed by atoms with Crippen molar-refractivity contribution in [3.8, 4) is 0 Å². The Balaban J connectivity index is 2.21. The minimum atomic E-state index is -1.22. The van der Waals surface area contributed by atoms with Crippen LogP contribution in [0.3, 0.4) is 0 Å². The molecule has 5 atom stereocenters. The van der Waals surface area contributed by atoms with Gasteiger partial charge in [-0.05, 0) is 12.8 Å². The summed E-state index contributed by atoms with van der Waals surface area (Å²) in [5.74, 6) is -3.15. The summed E-state index contributed by atoms with van der Waals surface area (Å²) in [6, 6.07) is -4.17. The smallest absolute Gasteiger partial charge is 0.325 e. The number of hydrogen-bond acceptors (Lipinski definition) is 7. The van der Waals surface area contributed by atoms with E-state index in [1.165, 1.54) is 32.0 Å². The number of carbonyl (C=O) groups is 4. The van der Waals surface area contributed by atoms with Gasteiger partial charge in [0.15, 0.2) is 0 Å². The molecule has 0 aliphatic carbocycles. The van der Waals surface area contributed by atoms with E-state index >= 15 is 0 Å². The third kappa shape index (κ3) is 7.69. The number of carboxylic acid groups (broad SMARTS) is 1. The van der Waals surface area contributed by atoms with E-state index in [4.69, 9.17) is 10.8 Å². The lowest BCUT2D eigenvalue weighted by Gasteiger charge is -2.25. The fourth-order valence-electron chi connectivity index (χ4n) is 3.08. The van der Waals surface area contributed by atoms with Gasteiger partial charge in [0.1, 0.15) is 18.1 Å². The van der Waals surface area contributed by atoms with E-state index in [9.17, 15) is 19.2 Å². The summed E-state index contributed by atoms with van der Waals surface area (Å²) >= 11 is 0. The molecule has 0 spiro atoms. The van der Waals surface area contributed by atoms with Crippen LogP contribution in [0, 0.1) is 5.92 Å². The Labute approximate surface area is 196 Å². The van der Waals surface area contributed by atoms with Crippen molar-refractivity contribution in [1.29, 1.82) is 0 Å². The van der Waals surface area contributed by atoms with Gasteiger partial charge in [-0.25, -0.2) is 9.97 Å². The molecule has 34 heavy (non-hydrogen) atoms. The highest BCUT2D eigenvalue weighted by Crippen LogP contribution is 2.08. The van der Waals surface area contributed by atoms with E-state index in [1.54, 1.807) is 0 Å². The Bertz CT molecular complexity index is 947. The van der Waals surface area contributed by atoms with Crippen molar-refractivity contribution in [2.45, 2.75) is 64.2 Å². The van der Waals surface area contributed by atoms with Crippen LogP contribution in [0.2, 0.25) is 0 Å². The number of H-pyrrole nitrogens is 2. The number of imidazole rings is 2. The van der Waals surface area contributed by atoms with Crippen molar-refractivity contribution in [2.75, 3.05) is 0 Å². The molecule has 2 rings (SSSR count). The monoisotopic (exact) mass is 476 g/mol. The summed E-state index contributed by atoms with van der Waals surface area (Å²) in [6.45, 7) is 5.05. The molecular weight excluding hydrogens is 444 g/mol. The molecular formula is C21H32N8O5. The molecule has 0 aliphatic rings. The lowest BCUT2D eigenvalue weighted by molar-refractivity contribution is -0.141. The summed E-state index contributed by atoms with van der Waals surface area (Å²) < 4.78 is 0. The van der Waals surface area contributed by atoms with Crippen LogP contribution in [0.5, 0.6) is 0 Å². The lowest BCUT2D eigenvalue weighted by Crippen LogP contribution is -2.58. The van der Waals surface area contributed by atoms with Gasteiger partial charge in [0.25, 0.3) is 0 Å². The fraction of sp³-hybridized carbons (Fsp3) is 0.524. The van der Waals surface area contributed by atoms with Gasteiger partial charge in [-0.3, -0.25) is 19.2 Å². The molecule has 0 saturated heterocycles. The SMILES string of the molecule is CCC(C)C(N)C(=O)NC(Cc1cnc[nH]1)C(=O)NC(Cc1cnc[nH]1)C(=O)NC(C)C(=O)O. The summed E-state index contributed by atoms with van der Waals surface area (Å²) in [5.41, 5.74) is 7.16. The molecule has 0 bridgehead atoms. The summed E-state index contributed by atoms with van der Waals surface area (Å²) in [4.78, 5) is 63.4. The van der Waals surface area contributed by atoms with Crippen molar-refractivity contribution in [3.63, 3.8) is 0 Å². The number of rotatable bonds is 13. The van der Waals surface area contributed by atoms with Gasteiger partial charge in [-0.1, -0.05) is 20.3 Å². The molecule has 2 aromatic rings. The molecule has 0 saturated carbocycles. The standard InChI is InChI=1S/C21H32N8O5/c1-4-11(2)17(22)20(32)29-16(6-14-8-24-10-26-14)19(31)28-15(5-13-7-23-9-25-13)18(30)27-12(3)21(33)34/h7-12,15-17H,4-6,22H2,1-3H3,(H,23,25)(H,24,26)(H,27,30)(H,28,31)(H,29,32)(H,33,34). The Morgan fingerprint density at radius 3 is 1.79 bits per heavy atom. The molecule has 13 heteroatoms. The Hall–Kier alpha value is -3.74. The van der Waals surface area contributed by atoms with Crippen molar-refractivity contribution in [1.82, 2.24) is 35.9 Å². The van der Waals surface area contributed by atoms with Crippen LogP contribution in [-0.2, 0) is 32.0 Å². The molecule has 2 aromatic heterocycles. The van der Waals surface area contributed by atoms with E-state index < -0.39 is 47.9 Å². The lowest BCUT2D eigenvalue weighted by atomic mass is 9.98. The first-order chi connectivity index (χ1) is 16.1. The summed E-state index contributed by atoms with van der Waals surface area (Å²) in [7, 11) is 0. The van der Waals surface area contributed by atoms with Crippen LogP contribution in [0.25, 0.3) is 0 Å². The second-order valence-corrected chi connectivity index (χ2v) is 8.16. The van der Waals surface area contributed by atoms with Crippen LogP contribution in [0.1, 0.15) is 38.6 Å². The van der Waals surface area contributed by atoms with Gasteiger partial charge in [-0.2, -0.15) is 0 Å². The van der Waals surface area contributed by atoms with Gasteiger partial charge >= 0.3 is 5.97 Å². The molecule has 5 unspecified atom stereocenters. The molecule has 186 valence electrons. The van der Waals surface area contributed by atoms with Crippen LogP contribution >= 0.6 is 0 Å². The van der Waals surface area contributed by atoms with Crippen LogP contribution in [0.4, 0.5) is 0 Å². The highest BCUT2D eigenvalue weighted by Gasteiger charge is 2.31. The van der Waals surface area contributed by atoms with E-state index in [0.717, 1.165) is 0 Å². The van der Waals surface area contributed by atoms with Crippen LogP contribution in [0.15, 0.2) is 25.0 Å². The predicted octanol–water partition coefficient (Wildman–Crippen LogP) is -1.15. The maximum absolute atomic E-state index is 13.2. The number of aromatic amines is 2. The number of aromatic nitrogens is 4.